The van der Waals surface area contributed by atoms with Crippen molar-refractivity contribution >= 4 is 11.4 Å². The highest BCUT2D eigenvalue weighted by Gasteiger charge is 2.00. The van der Waals surface area contributed by atoms with Crippen LogP contribution >= 0.6 is 0 Å². The van der Waals surface area contributed by atoms with Crippen molar-refractivity contribution in [1.82, 2.24) is 4.98 Å². The van der Waals surface area contributed by atoms with Crippen LogP contribution < -0.4 is 0 Å². The van der Waals surface area contributed by atoms with Gasteiger partial charge in [0.1, 0.15) is 0 Å². The lowest BCUT2D eigenvalue weighted by molar-refractivity contribution is 0.878. The Kier molecular flexibility index (Phi) is 3.18. The summed E-state index contributed by atoms with van der Waals surface area (Å²) in [4.78, 5) is 8.70. The first-order valence-electron chi connectivity index (χ1n) is 4.58. The molecule has 2 nitrogen and oxygen atoms in total. The SMILES string of the molecule is C/C(=N\c1cccnc1C)C(C)C. The van der Waals surface area contributed by atoms with Crippen molar-refractivity contribution in [2.45, 2.75) is 27.7 Å². The molecule has 1 aromatic rings. The summed E-state index contributed by atoms with van der Waals surface area (Å²) >= 11 is 0. The summed E-state index contributed by atoms with van der Waals surface area (Å²) in [5.41, 5.74) is 3.12. The number of hydrogen-bond acceptors (Lipinski definition) is 2. The molecule has 0 bridgehead atoms. The zero-order valence-corrected chi connectivity index (χ0v) is 8.70. The zero-order chi connectivity index (χ0) is 9.84. The van der Waals surface area contributed by atoms with Gasteiger partial charge in [-0.1, -0.05) is 13.8 Å². The fourth-order valence-corrected chi connectivity index (χ4v) is 0.913. The van der Waals surface area contributed by atoms with E-state index in [4.69, 9.17) is 0 Å². The normalized spacial score (nSPS) is 12.2. The van der Waals surface area contributed by atoms with Gasteiger partial charge >= 0.3 is 0 Å². The summed E-state index contributed by atoms with van der Waals surface area (Å²) in [6, 6.07) is 3.91. The van der Waals surface area contributed by atoms with Gasteiger partial charge < -0.3 is 0 Å². The highest BCUT2D eigenvalue weighted by molar-refractivity contribution is 5.86. The van der Waals surface area contributed by atoms with Crippen LogP contribution in [0, 0.1) is 12.8 Å². The molecule has 0 fully saturated rings. The first-order valence-corrected chi connectivity index (χ1v) is 4.58. The number of aliphatic imine (C=N–C) groups is 1. The summed E-state index contributed by atoms with van der Waals surface area (Å²) in [7, 11) is 0. The van der Waals surface area contributed by atoms with Gasteiger partial charge in [-0.2, -0.15) is 0 Å². The van der Waals surface area contributed by atoms with Crippen molar-refractivity contribution < 1.29 is 0 Å². The van der Waals surface area contributed by atoms with Crippen LogP contribution in [0.2, 0.25) is 0 Å². The van der Waals surface area contributed by atoms with E-state index in [2.05, 4.69) is 30.7 Å². The Morgan fingerprint density at radius 1 is 1.46 bits per heavy atom. The second kappa shape index (κ2) is 4.17. The smallest absolute Gasteiger partial charge is 0.0841 e. The fraction of sp³-hybridized carbons (Fsp3) is 0.455. The number of aromatic nitrogens is 1. The van der Waals surface area contributed by atoms with Crippen LogP contribution in [-0.4, -0.2) is 10.7 Å². The maximum atomic E-state index is 4.51. The molecule has 70 valence electrons. The Morgan fingerprint density at radius 2 is 2.15 bits per heavy atom. The van der Waals surface area contributed by atoms with E-state index in [0.29, 0.717) is 5.92 Å². The van der Waals surface area contributed by atoms with Gasteiger partial charge in [0, 0.05) is 11.9 Å². The van der Waals surface area contributed by atoms with E-state index in [9.17, 15) is 0 Å². The lowest BCUT2D eigenvalue weighted by Gasteiger charge is -2.04. The van der Waals surface area contributed by atoms with Gasteiger partial charge in [-0.05, 0) is 31.9 Å². The minimum absolute atomic E-state index is 0.500. The Labute approximate surface area is 79.7 Å². The molecule has 1 aromatic heterocycles. The predicted molar refractivity (Wildman–Crippen MR) is 56.6 cm³/mol. The first-order chi connectivity index (χ1) is 6.11. The van der Waals surface area contributed by atoms with E-state index < -0.39 is 0 Å². The highest BCUT2D eigenvalue weighted by Crippen LogP contribution is 2.16. The maximum Gasteiger partial charge on any atom is 0.0841 e. The van der Waals surface area contributed by atoms with Gasteiger partial charge in [0.25, 0.3) is 0 Å². The van der Waals surface area contributed by atoms with E-state index in [0.717, 1.165) is 17.1 Å². The second-order valence-electron chi connectivity index (χ2n) is 3.52. The number of pyridine rings is 1. The average Bonchev–Trinajstić information content (AvgIpc) is 2.08. The lowest BCUT2D eigenvalue weighted by atomic mass is 10.1. The van der Waals surface area contributed by atoms with Crippen molar-refractivity contribution in [2.75, 3.05) is 0 Å². The van der Waals surface area contributed by atoms with Crippen molar-refractivity contribution in [3.05, 3.63) is 24.0 Å². The van der Waals surface area contributed by atoms with Crippen molar-refractivity contribution in [3.63, 3.8) is 0 Å². The lowest BCUT2D eigenvalue weighted by Crippen LogP contribution is -2.00. The summed E-state index contributed by atoms with van der Waals surface area (Å²) in [6.45, 7) is 8.32. The molecule has 0 amide bonds. The van der Waals surface area contributed by atoms with Crippen LogP contribution in [0.15, 0.2) is 23.3 Å². The standard InChI is InChI=1S/C11H16N2/c1-8(2)9(3)13-11-6-5-7-12-10(11)4/h5-8H,1-4H3/b13-9+. The third-order valence-electron chi connectivity index (χ3n) is 2.11. The number of aryl methyl sites for hydroxylation is 1. The maximum absolute atomic E-state index is 4.51. The van der Waals surface area contributed by atoms with Crippen molar-refractivity contribution in [3.8, 4) is 0 Å². The van der Waals surface area contributed by atoms with Gasteiger partial charge in [-0.15, -0.1) is 0 Å². The molecule has 1 heterocycles. The molecule has 0 atom stereocenters. The van der Waals surface area contributed by atoms with E-state index >= 15 is 0 Å². The van der Waals surface area contributed by atoms with Gasteiger partial charge in [-0.3, -0.25) is 9.98 Å². The Morgan fingerprint density at radius 3 is 2.69 bits per heavy atom. The molecule has 0 saturated heterocycles. The molecule has 0 N–H and O–H groups in total. The highest BCUT2D eigenvalue weighted by atomic mass is 14.8. The monoisotopic (exact) mass is 176 g/mol. The van der Waals surface area contributed by atoms with Gasteiger partial charge in [0.2, 0.25) is 0 Å². The summed E-state index contributed by atoms with van der Waals surface area (Å²) in [5.74, 6) is 0.500. The third kappa shape index (κ3) is 2.65. The summed E-state index contributed by atoms with van der Waals surface area (Å²) in [6.07, 6.45) is 1.79. The second-order valence-corrected chi connectivity index (χ2v) is 3.52. The molecule has 0 spiro atoms. The number of nitrogens with zero attached hydrogens (tertiary/aromatic N) is 2. The third-order valence-corrected chi connectivity index (χ3v) is 2.11. The Hall–Kier alpha value is -1.18. The topological polar surface area (TPSA) is 25.2 Å². The van der Waals surface area contributed by atoms with Crippen molar-refractivity contribution in [1.29, 1.82) is 0 Å². The van der Waals surface area contributed by atoms with E-state index in [1.807, 2.05) is 19.1 Å². The molecular formula is C11H16N2. The molecule has 0 saturated carbocycles. The van der Waals surface area contributed by atoms with Crippen LogP contribution in [0.5, 0.6) is 0 Å². The summed E-state index contributed by atoms with van der Waals surface area (Å²) < 4.78 is 0. The molecule has 0 aliphatic carbocycles. The minimum atomic E-state index is 0.500. The van der Waals surface area contributed by atoms with Gasteiger partial charge in [0.15, 0.2) is 0 Å². The van der Waals surface area contributed by atoms with Crippen LogP contribution in [0.4, 0.5) is 5.69 Å². The van der Waals surface area contributed by atoms with E-state index in [1.165, 1.54) is 0 Å². The van der Waals surface area contributed by atoms with Crippen LogP contribution in [-0.2, 0) is 0 Å². The van der Waals surface area contributed by atoms with Crippen LogP contribution in [0.25, 0.3) is 0 Å². The molecule has 0 aliphatic heterocycles. The van der Waals surface area contributed by atoms with E-state index in [1.54, 1.807) is 6.20 Å². The quantitative estimate of drug-likeness (QED) is 0.635. The zero-order valence-electron chi connectivity index (χ0n) is 8.70. The van der Waals surface area contributed by atoms with Crippen LogP contribution in [0.3, 0.4) is 0 Å². The largest absolute Gasteiger partial charge is 0.259 e. The molecule has 0 radical (unpaired) electrons. The molecule has 13 heavy (non-hydrogen) atoms. The van der Waals surface area contributed by atoms with Crippen molar-refractivity contribution in [2.24, 2.45) is 10.9 Å². The van der Waals surface area contributed by atoms with Gasteiger partial charge in [0.05, 0.1) is 11.4 Å². The molecule has 0 aliphatic rings. The first kappa shape index (κ1) is 9.90. The molecular weight excluding hydrogens is 160 g/mol. The molecule has 0 aromatic carbocycles. The molecule has 0 unspecified atom stereocenters. The fourth-order valence-electron chi connectivity index (χ4n) is 0.913. The number of rotatable bonds is 2. The number of hydrogen-bond donors (Lipinski definition) is 0. The Balaban J connectivity index is 2.97. The van der Waals surface area contributed by atoms with Gasteiger partial charge in [-0.25, -0.2) is 0 Å². The summed E-state index contributed by atoms with van der Waals surface area (Å²) in [5, 5.41) is 0. The predicted octanol–water partition coefficient (Wildman–Crippen LogP) is 3.14. The van der Waals surface area contributed by atoms with Crippen LogP contribution in [0.1, 0.15) is 26.5 Å². The molecule has 1 rings (SSSR count). The van der Waals surface area contributed by atoms with E-state index in [-0.39, 0.29) is 0 Å². The molecule has 2 heteroatoms. The Bertz CT molecular complexity index is 314. The minimum Gasteiger partial charge on any atom is -0.259 e. The average molecular weight is 176 g/mol.